The van der Waals surface area contributed by atoms with Gasteiger partial charge in [0.1, 0.15) is 9.90 Å². The number of piperidine rings is 1. The van der Waals surface area contributed by atoms with Gasteiger partial charge in [-0.1, -0.05) is 12.1 Å². The quantitative estimate of drug-likeness (QED) is 0.605. The number of primary amides is 1. The van der Waals surface area contributed by atoms with Crippen molar-refractivity contribution in [1.29, 1.82) is 0 Å². The minimum Gasteiger partial charge on any atom is -0.452 e. The number of esters is 1. The highest BCUT2D eigenvalue weighted by molar-refractivity contribution is 7.90. The minimum absolute atomic E-state index is 0.152. The number of carbonyl (C=O) groups is 3. The number of nitrogens with one attached hydrogen (secondary N) is 1. The summed E-state index contributed by atoms with van der Waals surface area (Å²) in [6.45, 7) is 2.22. The molecule has 1 aromatic heterocycles. The van der Waals surface area contributed by atoms with Crippen LogP contribution in [0.1, 0.15) is 35.7 Å². The van der Waals surface area contributed by atoms with E-state index in [9.17, 15) is 22.8 Å². The Balaban J connectivity index is 1.41. The Morgan fingerprint density at radius 2 is 2.03 bits per heavy atom. The Bertz CT molecular complexity index is 1250. The smallest absolute Gasteiger partial charge is 0.311 e. The molecule has 1 fully saturated rings. The molecule has 2 aliphatic heterocycles. The van der Waals surface area contributed by atoms with Gasteiger partial charge >= 0.3 is 5.97 Å². The molecule has 2 aliphatic rings. The second kappa shape index (κ2) is 8.94. The number of ether oxygens (including phenoxy) is 1. The van der Waals surface area contributed by atoms with Crippen LogP contribution in [0.3, 0.4) is 0 Å². The Kier molecular flexibility index (Phi) is 6.21. The molecule has 0 bridgehead atoms. The molecule has 4 rings (SSSR count). The fourth-order valence-electron chi connectivity index (χ4n) is 3.82. The normalized spacial score (nSPS) is 19.8. The summed E-state index contributed by atoms with van der Waals surface area (Å²) in [4.78, 5) is 38.6. The lowest BCUT2D eigenvalue weighted by atomic mass is 9.97. The van der Waals surface area contributed by atoms with E-state index in [1.54, 1.807) is 28.5 Å². The highest BCUT2D eigenvalue weighted by Gasteiger charge is 2.36. The number of hydrogen-bond donors (Lipinski definition) is 2. The molecule has 1 aromatic carbocycles. The predicted molar refractivity (Wildman–Crippen MR) is 121 cm³/mol. The summed E-state index contributed by atoms with van der Waals surface area (Å²) in [5, 5.41) is 4.47. The molecular formula is C21H22N4O6S2. The number of sulfonamides is 1. The third kappa shape index (κ3) is 4.62. The average molecular weight is 491 g/mol. The summed E-state index contributed by atoms with van der Waals surface area (Å²) in [7, 11) is -3.76. The van der Waals surface area contributed by atoms with Gasteiger partial charge in [-0.3, -0.25) is 14.4 Å². The fourth-order valence-corrected chi connectivity index (χ4v) is 5.84. The van der Waals surface area contributed by atoms with E-state index in [0.717, 1.165) is 11.3 Å². The van der Waals surface area contributed by atoms with E-state index in [1.165, 1.54) is 19.1 Å². The van der Waals surface area contributed by atoms with E-state index in [0.29, 0.717) is 35.8 Å². The maximum absolute atomic E-state index is 12.8. The maximum Gasteiger partial charge on any atom is 0.311 e. The summed E-state index contributed by atoms with van der Waals surface area (Å²) >= 11 is 1.14. The maximum atomic E-state index is 12.8. The number of thiophene rings is 1. The number of likely N-dealkylation sites (tertiary alicyclic amines) is 1. The molecule has 3 heterocycles. The van der Waals surface area contributed by atoms with Crippen LogP contribution < -0.4 is 11.1 Å². The van der Waals surface area contributed by atoms with E-state index >= 15 is 0 Å². The highest BCUT2D eigenvalue weighted by atomic mass is 32.2. The standard InChI is InChI=1S/C21H22N4O6S2/c1-12(19(27)23-20-15(17(22)26)8-10-32-20)31-21(28)13-5-4-9-25(11-13)18-14-6-2-3-7-16(14)33(29,30)24-18/h2-3,6-8,10,12-13H,4-5,9,11H2,1H3,(H2,22,26)(H,23,27)/t12-,13+/m0/s1. The van der Waals surface area contributed by atoms with E-state index in [1.807, 2.05) is 0 Å². The first-order valence-electron chi connectivity index (χ1n) is 10.3. The van der Waals surface area contributed by atoms with Gasteiger partial charge < -0.3 is 20.7 Å². The molecule has 0 radical (unpaired) electrons. The second-order valence-electron chi connectivity index (χ2n) is 7.77. The van der Waals surface area contributed by atoms with Crippen LogP contribution in [0, 0.1) is 5.92 Å². The summed E-state index contributed by atoms with van der Waals surface area (Å²) in [5.41, 5.74) is 5.98. The van der Waals surface area contributed by atoms with Crippen molar-refractivity contribution in [2.24, 2.45) is 16.0 Å². The Hall–Kier alpha value is -3.25. The number of amidine groups is 1. The lowest BCUT2D eigenvalue weighted by Gasteiger charge is -2.33. The summed E-state index contributed by atoms with van der Waals surface area (Å²) < 4.78 is 34.0. The van der Waals surface area contributed by atoms with E-state index in [4.69, 9.17) is 10.5 Å². The van der Waals surface area contributed by atoms with Crippen LogP contribution in [0.25, 0.3) is 0 Å². The third-order valence-electron chi connectivity index (χ3n) is 5.50. The van der Waals surface area contributed by atoms with Crippen molar-refractivity contribution in [3.05, 3.63) is 46.8 Å². The zero-order chi connectivity index (χ0) is 23.8. The summed E-state index contributed by atoms with van der Waals surface area (Å²) in [6.07, 6.45) is 0.0848. The van der Waals surface area contributed by atoms with Crippen LogP contribution in [0.2, 0.25) is 0 Å². The molecule has 0 aliphatic carbocycles. The van der Waals surface area contributed by atoms with Crippen molar-refractivity contribution in [2.45, 2.75) is 30.8 Å². The lowest BCUT2D eigenvalue weighted by molar-refractivity contribution is -0.158. The van der Waals surface area contributed by atoms with Crippen molar-refractivity contribution in [2.75, 3.05) is 18.4 Å². The zero-order valence-corrected chi connectivity index (χ0v) is 19.3. The SMILES string of the molecule is C[C@H](OC(=O)[C@@H]1CCCN(C2=NS(=O)(=O)c3ccccc32)C1)C(=O)Nc1sccc1C(N)=O. The third-order valence-corrected chi connectivity index (χ3v) is 7.65. The van der Waals surface area contributed by atoms with Gasteiger partial charge in [-0.15, -0.1) is 15.7 Å². The topological polar surface area (TPSA) is 148 Å². The van der Waals surface area contributed by atoms with Gasteiger partial charge in [0.2, 0.25) is 0 Å². The van der Waals surface area contributed by atoms with Crippen LogP contribution in [0.15, 0.2) is 45.0 Å². The van der Waals surface area contributed by atoms with Gasteiger partial charge in [0, 0.05) is 18.7 Å². The molecule has 2 aromatic rings. The van der Waals surface area contributed by atoms with E-state index in [-0.39, 0.29) is 17.0 Å². The van der Waals surface area contributed by atoms with Crippen LogP contribution in [0.5, 0.6) is 0 Å². The Morgan fingerprint density at radius 3 is 2.79 bits per heavy atom. The molecule has 0 unspecified atom stereocenters. The number of benzene rings is 1. The minimum atomic E-state index is -3.76. The average Bonchev–Trinajstić information content (AvgIpc) is 3.36. The molecule has 2 amide bonds. The molecule has 174 valence electrons. The van der Waals surface area contributed by atoms with Gasteiger partial charge in [-0.25, -0.2) is 0 Å². The van der Waals surface area contributed by atoms with Crippen molar-refractivity contribution >= 4 is 50.0 Å². The van der Waals surface area contributed by atoms with Gasteiger partial charge in [0.05, 0.1) is 11.5 Å². The predicted octanol–water partition coefficient (Wildman–Crippen LogP) is 1.58. The fraction of sp³-hybridized carbons (Fsp3) is 0.333. The lowest BCUT2D eigenvalue weighted by Crippen LogP contribution is -2.44. The number of amides is 2. The molecule has 12 heteroatoms. The monoisotopic (exact) mass is 490 g/mol. The van der Waals surface area contributed by atoms with Crippen LogP contribution in [0.4, 0.5) is 5.00 Å². The largest absolute Gasteiger partial charge is 0.452 e. The van der Waals surface area contributed by atoms with Crippen LogP contribution in [-0.4, -0.2) is 56.1 Å². The van der Waals surface area contributed by atoms with Crippen molar-refractivity contribution in [3.8, 4) is 0 Å². The first-order valence-corrected chi connectivity index (χ1v) is 12.6. The number of hydrogen-bond acceptors (Lipinski definition) is 8. The highest BCUT2D eigenvalue weighted by Crippen LogP contribution is 2.30. The molecule has 3 N–H and O–H groups in total. The molecule has 0 spiro atoms. The zero-order valence-electron chi connectivity index (χ0n) is 17.7. The molecule has 10 nitrogen and oxygen atoms in total. The van der Waals surface area contributed by atoms with Crippen molar-refractivity contribution < 1.29 is 27.5 Å². The van der Waals surface area contributed by atoms with Crippen LogP contribution >= 0.6 is 11.3 Å². The first-order chi connectivity index (χ1) is 15.7. The summed E-state index contributed by atoms with van der Waals surface area (Å²) in [6, 6.07) is 8.08. The van der Waals surface area contributed by atoms with E-state index in [2.05, 4.69) is 9.71 Å². The number of carbonyl (C=O) groups excluding carboxylic acids is 3. The molecule has 2 atom stereocenters. The van der Waals surface area contributed by atoms with Crippen molar-refractivity contribution in [3.63, 3.8) is 0 Å². The van der Waals surface area contributed by atoms with Gasteiger partial charge in [-0.05, 0) is 43.3 Å². The molecule has 1 saturated heterocycles. The number of rotatable bonds is 5. The number of nitrogens with zero attached hydrogens (tertiary/aromatic N) is 2. The van der Waals surface area contributed by atoms with Gasteiger partial charge in [0.15, 0.2) is 11.9 Å². The van der Waals surface area contributed by atoms with Gasteiger partial charge in [-0.2, -0.15) is 8.42 Å². The second-order valence-corrected chi connectivity index (χ2v) is 10.3. The molecular weight excluding hydrogens is 468 g/mol. The molecule has 33 heavy (non-hydrogen) atoms. The summed E-state index contributed by atoms with van der Waals surface area (Å²) in [5.74, 6) is -2.03. The van der Waals surface area contributed by atoms with Crippen LogP contribution in [-0.2, 0) is 24.3 Å². The Morgan fingerprint density at radius 1 is 1.27 bits per heavy atom. The van der Waals surface area contributed by atoms with Gasteiger partial charge in [0.25, 0.3) is 21.8 Å². The van der Waals surface area contributed by atoms with Crippen molar-refractivity contribution in [1.82, 2.24) is 4.90 Å². The number of fused-ring (bicyclic) bond motifs is 1. The first kappa shape index (κ1) is 22.9. The van der Waals surface area contributed by atoms with E-state index < -0.39 is 39.8 Å². The number of anilines is 1. The Labute approximate surface area is 194 Å². The number of nitrogens with two attached hydrogens (primary N) is 1. The molecule has 0 saturated carbocycles.